The van der Waals surface area contributed by atoms with E-state index < -0.39 is 11.8 Å². The molecule has 0 aliphatic carbocycles. The van der Waals surface area contributed by atoms with Gasteiger partial charge in [0.15, 0.2) is 0 Å². The van der Waals surface area contributed by atoms with Crippen molar-refractivity contribution in [1.29, 1.82) is 0 Å². The Bertz CT molecular complexity index is 496. The van der Waals surface area contributed by atoms with Crippen LogP contribution in [0.1, 0.15) is 33.6 Å². The van der Waals surface area contributed by atoms with Crippen LogP contribution in [0.3, 0.4) is 0 Å². The lowest BCUT2D eigenvalue weighted by atomic mass is 10.0. The van der Waals surface area contributed by atoms with Gasteiger partial charge in [-0.25, -0.2) is 0 Å². The smallest absolute Gasteiger partial charge is 0.250 e. The number of nitrogens with two attached hydrogens (primary N) is 2. The van der Waals surface area contributed by atoms with Crippen molar-refractivity contribution >= 4 is 17.5 Å². The highest BCUT2D eigenvalue weighted by Crippen LogP contribution is 2.21. The second kappa shape index (κ2) is 5.71. The molecular formula is C13H17N3O3. The Hall–Kier alpha value is -2.08. The summed E-state index contributed by atoms with van der Waals surface area (Å²) in [7, 11) is 0. The minimum atomic E-state index is -0.537. The van der Waals surface area contributed by atoms with Gasteiger partial charge in [0, 0.05) is 30.5 Å². The van der Waals surface area contributed by atoms with Gasteiger partial charge in [-0.3, -0.25) is 9.59 Å². The summed E-state index contributed by atoms with van der Waals surface area (Å²) in [4.78, 5) is 22.6. The summed E-state index contributed by atoms with van der Waals surface area (Å²) >= 11 is 0. The Morgan fingerprint density at radius 3 is 2.42 bits per heavy atom. The molecule has 1 saturated heterocycles. The molecule has 1 fully saturated rings. The molecular weight excluding hydrogens is 246 g/mol. The van der Waals surface area contributed by atoms with E-state index in [2.05, 4.69) is 5.32 Å². The number of primary amides is 2. The maximum absolute atomic E-state index is 11.4. The SMILES string of the molecule is NC(=O)c1ccc(C(N)=O)c(NC2CCOCC2)c1. The first-order chi connectivity index (χ1) is 9.08. The molecule has 1 aliphatic heterocycles. The summed E-state index contributed by atoms with van der Waals surface area (Å²) < 4.78 is 5.27. The lowest BCUT2D eigenvalue weighted by Crippen LogP contribution is -2.29. The summed E-state index contributed by atoms with van der Waals surface area (Å²) in [5, 5.41) is 3.24. The number of hydrogen-bond donors (Lipinski definition) is 3. The maximum Gasteiger partial charge on any atom is 0.250 e. The number of carbonyl (C=O) groups excluding carboxylic acids is 2. The molecule has 0 unspecified atom stereocenters. The lowest BCUT2D eigenvalue weighted by Gasteiger charge is -2.25. The van der Waals surface area contributed by atoms with E-state index in [9.17, 15) is 9.59 Å². The van der Waals surface area contributed by atoms with Gasteiger partial charge in [0.05, 0.1) is 5.56 Å². The molecule has 2 amide bonds. The van der Waals surface area contributed by atoms with Gasteiger partial charge in [0.1, 0.15) is 0 Å². The molecule has 1 aliphatic rings. The van der Waals surface area contributed by atoms with Crippen LogP contribution in [-0.4, -0.2) is 31.1 Å². The van der Waals surface area contributed by atoms with Crippen LogP contribution in [0.25, 0.3) is 0 Å². The lowest BCUT2D eigenvalue weighted by molar-refractivity contribution is 0.0903. The third-order valence-electron chi connectivity index (χ3n) is 3.15. The third kappa shape index (κ3) is 3.23. The number of anilines is 1. The molecule has 1 aromatic carbocycles. The van der Waals surface area contributed by atoms with E-state index in [4.69, 9.17) is 16.2 Å². The molecule has 5 N–H and O–H groups in total. The van der Waals surface area contributed by atoms with E-state index in [1.54, 1.807) is 6.07 Å². The first-order valence-corrected chi connectivity index (χ1v) is 6.16. The minimum Gasteiger partial charge on any atom is -0.381 e. The van der Waals surface area contributed by atoms with Crippen molar-refractivity contribution in [3.63, 3.8) is 0 Å². The Morgan fingerprint density at radius 2 is 1.84 bits per heavy atom. The summed E-state index contributed by atoms with van der Waals surface area (Å²) in [5.41, 5.74) is 11.8. The van der Waals surface area contributed by atoms with E-state index in [0.29, 0.717) is 30.0 Å². The second-order valence-corrected chi connectivity index (χ2v) is 4.52. The molecule has 1 heterocycles. The van der Waals surface area contributed by atoms with Crippen molar-refractivity contribution in [2.45, 2.75) is 18.9 Å². The van der Waals surface area contributed by atoms with Crippen LogP contribution in [0.2, 0.25) is 0 Å². The zero-order chi connectivity index (χ0) is 13.8. The number of ether oxygens (including phenoxy) is 1. The van der Waals surface area contributed by atoms with Gasteiger partial charge < -0.3 is 21.5 Å². The van der Waals surface area contributed by atoms with Gasteiger partial charge in [-0.1, -0.05) is 0 Å². The van der Waals surface area contributed by atoms with E-state index in [1.165, 1.54) is 12.1 Å². The molecule has 6 heteroatoms. The summed E-state index contributed by atoms with van der Waals surface area (Å²) in [6, 6.07) is 4.79. The summed E-state index contributed by atoms with van der Waals surface area (Å²) in [6.07, 6.45) is 1.69. The Kier molecular flexibility index (Phi) is 4.01. The fraction of sp³-hybridized carbons (Fsp3) is 0.385. The molecule has 1 aromatic rings. The highest BCUT2D eigenvalue weighted by Gasteiger charge is 2.17. The zero-order valence-corrected chi connectivity index (χ0v) is 10.5. The van der Waals surface area contributed by atoms with E-state index in [-0.39, 0.29) is 6.04 Å². The van der Waals surface area contributed by atoms with Crippen LogP contribution in [0.15, 0.2) is 18.2 Å². The highest BCUT2D eigenvalue weighted by molar-refractivity contribution is 6.01. The predicted octanol–water partition coefficient (Wildman–Crippen LogP) is 0.475. The van der Waals surface area contributed by atoms with Crippen LogP contribution in [0.4, 0.5) is 5.69 Å². The van der Waals surface area contributed by atoms with E-state index in [1.807, 2.05) is 0 Å². The van der Waals surface area contributed by atoms with Crippen molar-refractivity contribution in [2.75, 3.05) is 18.5 Å². The molecule has 0 atom stereocenters. The zero-order valence-electron chi connectivity index (χ0n) is 10.5. The standard InChI is InChI=1S/C13H17N3O3/c14-12(17)8-1-2-10(13(15)18)11(7-8)16-9-3-5-19-6-4-9/h1-2,7,9,16H,3-6H2,(H2,14,17)(H2,15,18). The number of carbonyl (C=O) groups is 2. The van der Waals surface area contributed by atoms with Gasteiger partial charge in [-0.15, -0.1) is 0 Å². The molecule has 0 spiro atoms. The number of nitrogens with one attached hydrogen (secondary N) is 1. The molecule has 6 nitrogen and oxygen atoms in total. The molecule has 0 radical (unpaired) electrons. The molecule has 19 heavy (non-hydrogen) atoms. The third-order valence-corrected chi connectivity index (χ3v) is 3.15. The van der Waals surface area contributed by atoms with Crippen LogP contribution in [0, 0.1) is 0 Å². The van der Waals surface area contributed by atoms with Crippen molar-refractivity contribution in [3.05, 3.63) is 29.3 Å². The average molecular weight is 263 g/mol. The Balaban J connectivity index is 2.26. The Labute approximate surface area is 111 Å². The molecule has 0 bridgehead atoms. The van der Waals surface area contributed by atoms with Crippen LogP contribution in [-0.2, 0) is 4.74 Å². The van der Waals surface area contributed by atoms with Gasteiger partial charge in [-0.05, 0) is 31.0 Å². The van der Waals surface area contributed by atoms with Gasteiger partial charge >= 0.3 is 0 Å². The van der Waals surface area contributed by atoms with Crippen molar-refractivity contribution in [2.24, 2.45) is 11.5 Å². The monoisotopic (exact) mass is 263 g/mol. The fourth-order valence-electron chi connectivity index (χ4n) is 2.09. The number of rotatable bonds is 4. The van der Waals surface area contributed by atoms with Gasteiger partial charge in [0.25, 0.3) is 5.91 Å². The topological polar surface area (TPSA) is 107 Å². The van der Waals surface area contributed by atoms with Crippen molar-refractivity contribution in [1.82, 2.24) is 0 Å². The number of amides is 2. The number of benzene rings is 1. The second-order valence-electron chi connectivity index (χ2n) is 4.52. The summed E-state index contributed by atoms with van der Waals surface area (Å²) in [6.45, 7) is 1.36. The molecule has 0 aromatic heterocycles. The van der Waals surface area contributed by atoms with E-state index >= 15 is 0 Å². The van der Waals surface area contributed by atoms with Crippen molar-refractivity contribution in [3.8, 4) is 0 Å². The van der Waals surface area contributed by atoms with E-state index in [0.717, 1.165) is 12.8 Å². The fourth-order valence-corrected chi connectivity index (χ4v) is 2.09. The number of hydrogen-bond acceptors (Lipinski definition) is 4. The summed E-state index contributed by atoms with van der Waals surface area (Å²) in [5.74, 6) is -1.07. The quantitative estimate of drug-likeness (QED) is 0.734. The predicted molar refractivity (Wildman–Crippen MR) is 70.9 cm³/mol. The normalized spacial score (nSPS) is 16.0. The minimum absolute atomic E-state index is 0.204. The largest absolute Gasteiger partial charge is 0.381 e. The van der Waals surface area contributed by atoms with Crippen LogP contribution < -0.4 is 16.8 Å². The first-order valence-electron chi connectivity index (χ1n) is 6.16. The first kappa shape index (κ1) is 13.4. The Morgan fingerprint density at radius 1 is 1.16 bits per heavy atom. The molecule has 0 saturated carbocycles. The highest BCUT2D eigenvalue weighted by atomic mass is 16.5. The van der Waals surface area contributed by atoms with Crippen LogP contribution >= 0.6 is 0 Å². The van der Waals surface area contributed by atoms with Gasteiger partial charge in [0.2, 0.25) is 5.91 Å². The van der Waals surface area contributed by atoms with Gasteiger partial charge in [-0.2, -0.15) is 0 Å². The van der Waals surface area contributed by atoms with Crippen LogP contribution in [0.5, 0.6) is 0 Å². The molecule has 2 rings (SSSR count). The average Bonchev–Trinajstić information content (AvgIpc) is 2.39. The molecule has 102 valence electrons. The maximum atomic E-state index is 11.4. The van der Waals surface area contributed by atoms with Crippen molar-refractivity contribution < 1.29 is 14.3 Å².